The smallest absolute Gasteiger partial charge is 0.320 e. The normalized spacial score (nSPS) is 20.0. The maximum Gasteiger partial charge on any atom is 0.320 e. The number of carboxylic acids is 1. The predicted molar refractivity (Wildman–Crippen MR) is 220 cm³/mol. The van der Waals surface area contributed by atoms with Gasteiger partial charge in [-0.3, -0.25) is 14.7 Å². The van der Waals surface area contributed by atoms with Crippen molar-refractivity contribution in [2.24, 2.45) is 5.41 Å². The van der Waals surface area contributed by atoms with Crippen LogP contribution in [-0.4, -0.2) is 77.9 Å². The minimum atomic E-state index is -0.828. The molecule has 300 valence electrons. The van der Waals surface area contributed by atoms with Gasteiger partial charge >= 0.3 is 5.97 Å². The largest absolute Gasteiger partial charge is 0.493 e. The summed E-state index contributed by atoms with van der Waals surface area (Å²) >= 11 is 6.89. The van der Waals surface area contributed by atoms with E-state index in [9.17, 15) is 15.2 Å². The number of benzene rings is 3. The quantitative estimate of drug-likeness (QED) is 0.117. The highest BCUT2D eigenvalue weighted by Gasteiger charge is 2.39. The number of nitriles is 1. The summed E-state index contributed by atoms with van der Waals surface area (Å²) in [5, 5.41) is 19.7. The third-order valence-electron chi connectivity index (χ3n) is 11.9. The van der Waals surface area contributed by atoms with Crippen molar-refractivity contribution < 1.29 is 28.8 Å². The van der Waals surface area contributed by atoms with E-state index in [0.717, 1.165) is 96.8 Å². The molecule has 57 heavy (non-hydrogen) atoms. The van der Waals surface area contributed by atoms with Crippen LogP contribution in [0.3, 0.4) is 0 Å². The Morgan fingerprint density at radius 2 is 1.77 bits per heavy atom. The second-order valence-electron chi connectivity index (χ2n) is 15.9. The molecule has 1 aromatic heterocycles. The van der Waals surface area contributed by atoms with Crippen LogP contribution in [0.4, 0.5) is 0 Å². The fourth-order valence-corrected chi connectivity index (χ4v) is 8.92. The standard InChI is InChI=1S/C46H53ClN4O6/c1-32-36(9-5-10-38(32)39-11-6-13-42(33(39)2)55-20-8-16-50-18-15-46(30-50)14-7-19-54-31-46)29-57-44-23-43(56-28-35-21-34(24-48)25-49-26-35)37(22-40(44)47)27-51-17-4-3-12-41(51)45(52)53/h5-6,9-11,13,21-23,25-26,41H,3-4,7-8,12,14-20,27-31H2,1-2H3,(H,52,53)/t41-,46?/m0/s1. The van der Waals surface area contributed by atoms with Gasteiger partial charge in [0.1, 0.15) is 42.6 Å². The molecule has 0 radical (unpaired) electrons. The topological polar surface area (TPSA) is 117 Å². The molecule has 0 bridgehead atoms. The second kappa shape index (κ2) is 18.7. The molecular weight excluding hydrogens is 740 g/mol. The Morgan fingerprint density at radius 3 is 2.58 bits per heavy atom. The number of ether oxygens (including phenoxy) is 4. The van der Waals surface area contributed by atoms with Crippen LogP contribution in [0.25, 0.3) is 11.1 Å². The molecule has 7 rings (SSSR count). The van der Waals surface area contributed by atoms with Crippen LogP contribution in [0.2, 0.25) is 5.02 Å². The van der Waals surface area contributed by atoms with Crippen LogP contribution < -0.4 is 14.2 Å². The lowest BCUT2D eigenvalue weighted by Gasteiger charge is -2.33. The summed E-state index contributed by atoms with van der Waals surface area (Å²) in [6.45, 7) is 11.5. The number of rotatable bonds is 15. The van der Waals surface area contributed by atoms with Crippen LogP contribution in [0.5, 0.6) is 17.2 Å². The molecule has 0 aliphatic carbocycles. The minimum Gasteiger partial charge on any atom is -0.493 e. The summed E-state index contributed by atoms with van der Waals surface area (Å²) in [7, 11) is 0. The van der Waals surface area contributed by atoms with Crippen molar-refractivity contribution in [1.29, 1.82) is 5.26 Å². The number of pyridine rings is 1. The highest BCUT2D eigenvalue weighted by atomic mass is 35.5. The lowest BCUT2D eigenvalue weighted by molar-refractivity contribution is -0.144. The minimum absolute atomic E-state index is 0.164. The molecule has 3 aliphatic rings. The molecule has 3 saturated heterocycles. The van der Waals surface area contributed by atoms with Crippen molar-refractivity contribution in [1.82, 2.24) is 14.8 Å². The Morgan fingerprint density at radius 1 is 0.947 bits per heavy atom. The molecule has 4 heterocycles. The molecular formula is C46H53ClN4O6. The van der Waals surface area contributed by atoms with E-state index in [2.05, 4.69) is 60.1 Å². The van der Waals surface area contributed by atoms with Crippen molar-refractivity contribution in [3.8, 4) is 34.4 Å². The van der Waals surface area contributed by atoms with Crippen molar-refractivity contribution in [3.63, 3.8) is 0 Å². The number of hydrogen-bond donors (Lipinski definition) is 1. The van der Waals surface area contributed by atoms with Gasteiger partial charge in [0, 0.05) is 61.2 Å². The molecule has 11 heteroatoms. The highest BCUT2D eigenvalue weighted by Crippen LogP contribution is 2.39. The number of aromatic nitrogens is 1. The number of carbonyl (C=O) groups is 1. The van der Waals surface area contributed by atoms with E-state index >= 15 is 0 Å². The first kappa shape index (κ1) is 40.5. The van der Waals surface area contributed by atoms with E-state index in [4.69, 9.17) is 30.5 Å². The van der Waals surface area contributed by atoms with Gasteiger partial charge in [-0.25, -0.2) is 0 Å². The van der Waals surface area contributed by atoms with Gasteiger partial charge in [0.2, 0.25) is 0 Å². The van der Waals surface area contributed by atoms with E-state index in [1.165, 1.54) is 25.5 Å². The zero-order valence-corrected chi connectivity index (χ0v) is 33.9. The van der Waals surface area contributed by atoms with Gasteiger partial charge in [-0.05, 0) is 111 Å². The first-order valence-electron chi connectivity index (χ1n) is 20.2. The van der Waals surface area contributed by atoms with Gasteiger partial charge in [0.05, 0.1) is 23.8 Å². The molecule has 10 nitrogen and oxygen atoms in total. The molecule has 4 aromatic rings. The van der Waals surface area contributed by atoms with Crippen LogP contribution in [0.1, 0.15) is 78.3 Å². The number of likely N-dealkylation sites (tertiary alicyclic amines) is 2. The second-order valence-corrected chi connectivity index (χ2v) is 16.3. The van der Waals surface area contributed by atoms with Gasteiger partial charge in [-0.2, -0.15) is 5.26 Å². The summed E-state index contributed by atoms with van der Waals surface area (Å²) < 4.78 is 25.0. The van der Waals surface area contributed by atoms with E-state index in [0.29, 0.717) is 53.6 Å². The Labute approximate surface area is 341 Å². The van der Waals surface area contributed by atoms with Gasteiger partial charge in [-0.15, -0.1) is 0 Å². The highest BCUT2D eigenvalue weighted by molar-refractivity contribution is 6.32. The van der Waals surface area contributed by atoms with E-state index < -0.39 is 12.0 Å². The van der Waals surface area contributed by atoms with E-state index in [1.807, 2.05) is 17.0 Å². The Hall–Kier alpha value is -4.66. The number of hydrogen-bond acceptors (Lipinski definition) is 9. The third kappa shape index (κ3) is 9.90. The number of nitrogens with zero attached hydrogens (tertiary/aromatic N) is 4. The number of halogens is 1. The molecule has 2 atom stereocenters. The number of carboxylic acid groups (broad SMARTS) is 1. The zero-order chi connectivity index (χ0) is 39.8. The molecule has 0 saturated carbocycles. The van der Waals surface area contributed by atoms with Gasteiger partial charge < -0.3 is 29.0 Å². The zero-order valence-electron chi connectivity index (χ0n) is 33.1. The van der Waals surface area contributed by atoms with Crippen LogP contribution in [0.15, 0.2) is 67.0 Å². The Kier molecular flexibility index (Phi) is 13.3. The molecule has 1 N–H and O–H groups in total. The molecule has 3 aromatic carbocycles. The van der Waals surface area contributed by atoms with Gasteiger partial charge in [-0.1, -0.05) is 48.4 Å². The molecule has 3 aliphatic heterocycles. The molecule has 1 unspecified atom stereocenters. The fourth-order valence-electron chi connectivity index (χ4n) is 8.68. The monoisotopic (exact) mass is 792 g/mol. The number of aliphatic carboxylic acids is 1. The van der Waals surface area contributed by atoms with Crippen LogP contribution in [0, 0.1) is 30.6 Å². The summed E-state index contributed by atoms with van der Waals surface area (Å²) in [5.41, 5.74) is 7.77. The molecule has 1 spiro atoms. The van der Waals surface area contributed by atoms with Crippen LogP contribution in [-0.2, 0) is 29.3 Å². The summed E-state index contributed by atoms with van der Waals surface area (Å²) in [5.74, 6) is 1.07. The summed E-state index contributed by atoms with van der Waals surface area (Å²) in [4.78, 5) is 20.8. The fraction of sp³-hybridized carbons (Fsp3) is 0.457. The first-order chi connectivity index (χ1) is 27.7. The maximum atomic E-state index is 12.1. The van der Waals surface area contributed by atoms with E-state index in [-0.39, 0.29) is 13.2 Å². The average molecular weight is 793 g/mol. The van der Waals surface area contributed by atoms with Gasteiger partial charge in [0.15, 0.2) is 0 Å². The van der Waals surface area contributed by atoms with Gasteiger partial charge in [0.25, 0.3) is 0 Å². The third-order valence-corrected chi connectivity index (χ3v) is 12.2. The maximum absolute atomic E-state index is 12.1. The lowest BCUT2D eigenvalue weighted by atomic mass is 9.82. The lowest BCUT2D eigenvalue weighted by Crippen LogP contribution is -2.44. The Bertz CT molecular complexity index is 2080. The first-order valence-corrected chi connectivity index (χ1v) is 20.6. The Balaban J connectivity index is 1.03. The van der Waals surface area contributed by atoms with Crippen molar-refractivity contribution in [2.75, 3.05) is 46.0 Å². The molecule has 3 fully saturated rings. The van der Waals surface area contributed by atoms with Crippen molar-refractivity contribution in [3.05, 3.63) is 105 Å². The van der Waals surface area contributed by atoms with Crippen LogP contribution >= 0.6 is 11.6 Å². The van der Waals surface area contributed by atoms with E-state index in [1.54, 1.807) is 18.3 Å². The SMILES string of the molecule is Cc1c(COc2cc(OCc3cncc(C#N)c3)c(CN3CCCC[C@H]3C(=O)O)cc2Cl)cccc1-c1cccc(OCCCN2CCC3(CCCOC3)C2)c1C. The van der Waals surface area contributed by atoms with Crippen molar-refractivity contribution in [2.45, 2.75) is 84.6 Å². The number of piperidine rings is 1. The summed E-state index contributed by atoms with van der Waals surface area (Å²) in [6.07, 6.45) is 10.2. The predicted octanol–water partition coefficient (Wildman–Crippen LogP) is 8.76. The molecule has 0 amide bonds. The summed E-state index contributed by atoms with van der Waals surface area (Å²) in [6, 6.07) is 19.4. The average Bonchev–Trinajstić information content (AvgIpc) is 3.61. The van der Waals surface area contributed by atoms with Crippen molar-refractivity contribution >= 4 is 17.6 Å².